The van der Waals surface area contributed by atoms with Crippen molar-refractivity contribution in [3.05, 3.63) is 23.9 Å². The molecule has 3 heteroatoms. The quantitative estimate of drug-likeness (QED) is 0.824. The lowest BCUT2D eigenvalue weighted by Crippen LogP contribution is -2.22. The number of hydrogen-bond donors (Lipinski definition) is 1. The van der Waals surface area contributed by atoms with Gasteiger partial charge < -0.3 is 10.2 Å². The molecule has 1 saturated heterocycles. The van der Waals surface area contributed by atoms with Gasteiger partial charge in [0.1, 0.15) is 5.82 Å². The lowest BCUT2D eigenvalue weighted by atomic mass is 10.0. The predicted octanol–water partition coefficient (Wildman–Crippen LogP) is 2.82. The van der Waals surface area contributed by atoms with E-state index < -0.39 is 0 Å². The van der Waals surface area contributed by atoms with E-state index >= 15 is 0 Å². The Bertz CT molecular complexity index is 406. The molecule has 1 aromatic rings. The zero-order valence-electron chi connectivity index (χ0n) is 11.9. The highest BCUT2D eigenvalue weighted by Crippen LogP contribution is 2.39. The molecular formula is C16H25N3. The van der Waals surface area contributed by atoms with Crippen LogP contribution in [-0.4, -0.2) is 24.6 Å². The number of fused-ring (bicyclic) bond motifs is 1. The predicted molar refractivity (Wildman–Crippen MR) is 79.3 cm³/mol. The zero-order chi connectivity index (χ0) is 13.1. The molecule has 1 aromatic heterocycles. The van der Waals surface area contributed by atoms with Crippen LogP contribution >= 0.6 is 0 Å². The van der Waals surface area contributed by atoms with Crippen LogP contribution in [0.4, 0.5) is 5.82 Å². The molecule has 104 valence electrons. The molecule has 1 aliphatic carbocycles. The SMILES string of the molecule is CCCNCc1ccnc(N2CC3CCCC3C2)c1. The molecule has 3 nitrogen and oxygen atoms in total. The standard InChI is InChI=1S/C16H25N3/c1-2-7-17-10-13-6-8-18-16(9-13)19-11-14-4-3-5-15(14)12-19/h6,8-9,14-15,17H,2-5,7,10-12H2,1H3. The Hall–Kier alpha value is -1.09. The van der Waals surface area contributed by atoms with Crippen molar-refractivity contribution in [2.75, 3.05) is 24.5 Å². The second kappa shape index (κ2) is 5.91. The van der Waals surface area contributed by atoms with Gasteiger partial charge in [0.15, 0.2) is 0 Å². The lowest BCUT2D eigenvalue weighted by molar-refractivity contribution is 0.494. The molecule has 1 saturated carbocycles. The average Bonchev–Trinajstić information content (AvgIpc) is 3.00. The highest BCUT2D eigenvalue weighted by Gasteiger charge is 2.36. The molecule has 1 N–H and O–H groups in total. The molecule has 0 radical (unpaired) electrons. The van der Waals surface area contributed by atoms with Crippen LogP contribution in [0.25, 0.3) is 0 Å². The monoisotopic (exact) mass is 259 g/mol. The Morgan fingerprint density at radius 1 is 1.32 bits per heavy atom. The summed E-state index contributed by atoms with van der Waals surface area (Å²) in [4.78, 5) is 7.07. The van der Waals surface area contributed by atoms with Crippen LogP contribution in [0.1, 0.15) is 38.2 Å². The fraction of sp³-hybridized carbons (Fsp3) is 0.688. The number of nitrogens with one attached hydrogen (secondary N) is 1. The molecule has 2 fully saturated rings. The number of anilines is 1. The van der Waals surface area contributed by atoms with Gasteiger partial charge in [-0.15, -0.1) is 0 Å². The van der Waals surface area contributed by atoms with Crippen LogP contribution in [0.5, 0.6) is 0 Å². The van der Waals surface area contributed by atoms with Crippen molar-refractivity contribution < 1.29 is 0 Å². The average molecular weight is 259 g/mol. The molecule has 2 unspecified atom stereocenters. The van der Waals surface area contributed by atoms with E-state index in [-0.39, 0.29) is 0 Å². The Kier molecular flexibility index (Phi) is 4.02. The van der Waals surface area contributed by atoms with Crippen molar-refractivity contribution in [2.24, 2.45) is 11.8 Å². The summed E-state index contributed by atoms with van der Waals surface area (Å²) in [6.45, 7) is 6.70. The first-order valence-electron chi connectivity index (χ1n) is 7.77. The molecular weight excluding hydrogens is 234 g/mol. The summed E-state index contributed by atoms with van der Waals surface area (Å²) < 4.78 is 0. The highest BCUT2D eigenvalue weighted by atomic mass is 15.2. The van der Waals surface area contributed by atoms with E-state index in [1.807, 2.05) is 6.20 Å². The lowest BCUT2D eigenvalue weighted by Gasteiger charge is -2.19. The Morgan fingerprint density at radius 2 is 2.11 bits per heavy atom. The summed E-state index contributed by atoms with van der Waals surface area (Å²) in [5, 5.41) is 3.46. The summed E-state index contributed by atoms with van der Waals surface area (Å²) >= 11 is 0. The molecule has 2 aliphatic rings. The van der Waals surface area contributed by atoms with Gasteiger partial charge in [0.2, 0.25) is 0 Å². The number of pyridine rings is 1. The van der Waals surface area contributed by atoms with Gasteiger partial charge >= 0.3 is 0 Å². The molecule has 0 aromatic carbocycles. The molecule has 0 bridgehead atoms. The smallest absolute Gasteiger partial charge is 0.128 e. The topological polar surface area (TPSA) is 28.2 Å². The van der Waals surface area contributed by atoms with Crippen molar-refractivity contribution in [1.29, 1.82) is 0 Å². The van der Waals surface area contributed by atoms with E-state index in [2.05, 4.69) is 34.3 Å². The second-order valence-corrected chi connectivity index (χ2v) is 6.06. The first kappa shape index (κ1) is 12.9. The van der Waals surface area contributed by atoms with E-state index in [4.69, 9.17) is 0 Å². The molecule has 2 heterocycles. The molecule has 0 spiro atoms. The summed E-state index contributed by atoms with van der Waals surface area (Å²) in [7, 11) is 0. The first-order valence-corrected chi connectivity index (χ1v) is 7.77. The number of aromatic nitrogens is 1. The third-order valence-electron chi connectivity index (χ3n) is 4.62. The zero-order valence-corrected chi connectivity index (χ0v) is 11.9. The van der Waals surface area contributed by atoms with Crippen molar-refractivity contribution in [2.45, 2.75) is 39.2 Å². The van der Waals surface area contributed by atoms with Gasteiger partial charge in [0.05, 0.1) is 0 Å². The summed E-state index contributed by atoms with van der Waals surface area (Å²) in [5.41, 5.74) is 1.36. The van der Waals surface area contributed by atoms with Crippen LogP contribution in [0, 0.1) is 11.8 Å². The van der Waals surface area contributed by atoms with Gasteiger partial charge in [-0.25, -0.2) is 4.98 Å². The minimum Gasteiger partial charge on any atom is -0.356 e. The van der Waals surface area contributed by atoms with Gasteiger partial charge in [0.25, 0.3) is 0 Å². The van der Waals surface area contributed by atoms with Crippen molar-refractivity contribution in [3.63, 3.8) is 0 Å². The number of hydrogen-bond acceptors (Lipinski definition) is 3. The Balaban J connectivity index is 1.63. The summed E-state index contributed by atoms with van der Waals surface area (Å²) in [6, 6.07) is 4.40. The molecule has 3 rings (SSSR count). The van der Waals surface area contributed by atoms with Crippen molar-refractivity contribution >= 4 is 5.82 Å². The van der Waals surface area contributed by atoms with Crippen LogP contribution in [-0.2, 0) is 6.54 Å². The highest BCUT2D eigenvalue weighted by molar-refractivity contribution is 5.42. The summed E-state index contributed by atoms with van der Waals surface area (Å²) in [6.07, 6.45) is 7.45. The van der Waals surface area contributed by atoms with E-state index in [0.29, 0.717) is 0 Å². The third kappa shape index (κ3) is 2.92. The second-order valence-electron chi connectivity index (χ2n) is 6.06. The van der Waals surface area contributed by atoms with Crippen molar-refractivity contribution in [3.8, 4) is 0 Å². The van der Waals surface area contributed by atoms with E-state index in [1.54, 1.807) is 0 Å². The van der Waals surface area contributed by atoms with Gasteiger partial charge in [-0.2, -0.15) is 0 Å². The van der Waals surface area contributed by atoms with Crippen LogP contribution in [0.15, 0.2) is 18.3 Å². The summed E-state index contributed by atoms with van der Waals surface area (Å²) in [5.74, 6) is 3.05. The molecule has 1 aliphatic heterocycles. The van der Waals surface area contributed by atoms with Crippen LogP contribution in [0.2, 0.25) is 0 Å². The number of nitrogens with zero attached hydrogens (tertiary/aromatic N) is 2. The van der Waals surface area contributed by atoms with E-state index in [9.17, 15) is 0 Å². The maximum atomic E-state index is 4.58. The fourth-order valence-electron chi connectivity index (χ4n) is 3.58. The van der Waals surface area contributed by atoms with Gasteiger partial charge in [-0.3, -0.25) is 0 Å². The maximum Gasteiger partial charge on any atom is 0.128 e. The van der Waals surface area contributed by atoms with Crippen LogP contribution in [0.3, 0.4) is 0 Å². The van der Waals surface area contributed by atoms with Gasteiger partial charge in [-0.1, -0.05) is 13.3 Å². The van der Waals surface area contributed by atoms with E-state index in [1.165, 1.54) is 50.2 Å². The minimum atomic E-state index is 0.934. The first-order chi connectivity index (χ1) is 9.36. The third-order valence-corrected chi connectivity index (χ3v) is 4.62. The normalized spacial score (nSPS) is 25.8. The van der Waals surface area contributed by atoms with Gasteiger partial charge in [-0.05, 0) is 55.3 Å². The van der Waals surface area contributed by atoms with Crippen LogP contribution < -0.4 is 10.2 Å². The van der Waals surface area contributed by atoms with Gasteiger partial charge in [0, 0.05) is 25.8 Å². The molecule has 2 atom stereocenters. The van der Waals surface area contributed by atoms with E-state index in [0.717, 1.165) is 24.9 Å². The largest absolute Gasteiger partial charge is 0.356 e. The fourth-order valence-corrected chi connectivity index (χ4v) is 3.58. The maximum absolute atomic E-state index is 4.58. The molecule has 0 amide bonds. The minimum absolute atomic E-state index is 0.934. The number of rotatable bonds is 5. The Morgan fingerprint density at radius 3 is 2.84 bits per heavy atom. The molecule has 19 heavy (non-hydrogen) atoms. The Labute approximate surface area is 116 Å². The van der Waals surface area contributed by atoms with Crippen molar-refractivity contribution in [1.82, 2.24) is 10.3 Å².